The van der Waals surface area contributed by atoms with E-state index in [2.05, 4.69) is 0 Å². The van der Waals surface area contributed by atoms with E-state index in [0.29, 0.717) is 0 Å². The van der Waals surface area contributed by atoms with Gasteiger partial charge in [0.1, 0.15) is 5.56 Å². The van der Waals surface area contributed by atoms with Crippen molar-refractivity contribution in [3.63, 3.8) is 0 Å². The van der Waals surface area contributed by atoms with Crippen LogP contribution in [0.3, 0.4) is 0 Å². The second-order valence-corrected chi connectivity index (χ2v) is 5.55. The van der Waals surface area contributed by atoms with Crippen LogP contribution < -0.4 is 28.2 Å². The van der Waals surface area contributed by atoms with E-state index in [1.807, 2.05) is 4.98 Å². The lowest BCUT2D eigenvalue weighted by Crippen LogP contribution is -2.42. The number of rotatable bonds is 6. The summed E-state index contributed by atoms with van der Waals surface area (Å²) in [5, 5.41) is 17.0. The maximum atomic E-state index is 11.6. The molecule has 14 nitrogen and oxygen atoms in total. The fourth-order valence-corrected chi connectivity index (χ4v) is 1.95. The van der Waals surface area contributed by atoms with Gasteiger partial charge in [0.15, 0.2) is 0 Å². The van der Waals surface area contributed by atoms with Crippen LogP contribution >= 0.6 is 0 Å². The van der Waals surface area contributed by atoms with Crippen molar-refractivity contribution in [2.24, 2.45) is 18.7 Å². The number of ketones is 1. The fourth-order valence-electron chi connectivity index (χ4n) is 1.95. The molecule has 0 saturated carbocycles. The number of aliphatic carboxylic acids is 2. The Bertz CT molecular complexity index is 1150. The second-order valence-electron chi connectivity index (χ2n) is 5.55. The van der Waals surface area contributed by atoms with Crippen LogP contribution in [0.2, 0.25) is 0 Å². The lowest BCUT2D eigenvalue weighted by Gasteiger charge is -2.11. The third-order valence-corrected chi connectivity index (χ3v) is 3.53. The van der Waals surface area contributed by atoms with Crippen LogP contribution in [0, 0.1) is 5.92 Å². The van der Waals surface area contributed by atoms with Crippen LogP contribution in [0.5, 0.6) is 0 Å². The van der Waals surface area contributed by atoms with Gasteiger partial charge in [0.2, 0.25) is 0 Å². The standard InChI is InChI=1S/C9H13N3O4.C6H4N2O5/c1-11-3-2-7(13)12(9(11)16)5-6(4-10)8(14)15;9-3(5(11)12)2-1-7-6(13)8-4(2)10/h2-3,6H,4-5,10H2,1H3,(H,14,15);1H,(H,11,12)(H2,7,8,10,13). The van der Waals surface area contributed by atoms with Gasteiger partial charge in [-0.2, -0.15) is 0 Å². The first-order valence-corrected chi connectivity index (χ1v) is 7.78. The van der Waals surface area contributed by atoms with Crippen LogP contribution in [-0.4, -0.2) is 53.6 Å². The highest BCUT2D eigenvalue weighted by atomic mass is 16.4. The number of carbonyl (C=O) groups is 3. The molecule has 6 N–H and O–H groups in total. The smallest absolute Gasteiger partial charge is 0.377 e. The first kappa shape index (κ1) is 23.0. The highest BCUT2D eigenvalue weighted by Crippen LogP contribution is 1.95. The topological polar surface area (TPSA) is 227 Å². The first-order valence-electron chi connectivity index (χ1n) is 7.78. The number of hydrogen-bond acceptors (Lipinski definition) is 8. The molecule has 14 heteroatoms. The van der Waals surface area contributed by atoms with Crippen LogP contribution in [0.25, 0.3) is 0 Å². The van der Waals surface area contributed by atoms with Gasteiger partial charge >= 0.3 is 23.3 Å². The van der Waals surface area contributed by atoms with Crippen LogP contribution in [0.15, 0.2) is 37.6 Å². The molecule has 0 bridgehead atoms. The summed E-state index contributed by atoms with van der Waals surface area (Å²) in [4.78, 5) is 79.5. The summed E-state index contributed by atoms with van der Waals surface area (Å²) in [7, 11) is 1.48. The van der Waals surface area contributed by atoms with E-state index in [1.165, 1.54) is 23.9 Å². The minimum absolute atomic E-state index is 0.125. The minimum atomic E-state index is -1.75. The molecule has 29 heavy (non-hydrogen) atoms. The predicted octanol–water partition coefficient (Wildman–Crippen LogP) is -3.46. The number of nitrogens with one attached hydrogen (secondary N) is 2. The predicted molar refractivity (Wildman–Crippen MR) is 95.8 cm³/mol. The number of H-pyrrole nitrogens is 2. The number of carboxylic acids is 2. The van der Waals surface area contributed by atoms with E-state index in [-0.39, 0.29) is 13.1 Å². The van der Waals surface area contributed by atoms with E-state index in [4.69, 9.17) is 15.9 Å². The van der Waals surface area contributed by atoms with Crippen LogP contribution in [-0.2, 0) is 23.2 Å². The summed E-state index contributed by atoms with van der Waals surface area (Å²) in [6.07, 6.45) is 2.09. The van der Waals surface area contributed by atoms with Crippen molar-refractivity contribution in [3.05, 3.63) is 65.7 Å². The number of aromatic amines is 2. The third kappa shape index (κ3) is 5.96. The van der Waals surface area contributed by atoms with Crippen molar-refractivity contribution >= 4 is 17.7 Å². The lowest BCUT2D eigenvalue weighted by atomic mass is 10.1. The number of carbonyl (C=O) groups excluding carboxylic acids is 1. The second kappa shape index (κ2) is 9.75. The molecule has 0 aliphatic rings. The number of hydrogen-bond donors (Lipinski definition) is 5. The molecular weight excluding hydrogens is 394 g/mol. The number of nitrogens with zero attached hydrogens (tertiary/aromatic N) is 2. The Labute approximate surface area is 159 Å². The summed E-state index contributed by atoms with van der Waals surface area (Å²) in [5.74, 6) is -5.18. The van der Waals surface area contributed by atoms with Crippen LogP contribution in [0.4, 0.5) is 0 Å². The Morgan fingerprint density at radius 3 is 2.28 bits per heavy atom. The fraction of sp³-hybridized carbons (Fsp3) is 0.267. The van der Waals surface area contributed by atoms with Crippen molar-refractivity contribution in [2.75, 3.05) is 6.54 Å². The molecule has 2 heterocycles. The summed E-state index contributed by atoms with van der Waals surface area (Å²) in [5.41, 5.74) is 1.76. The Hall–Kier alpha value is -4.07. The van der Waals surface area contributed by atoms with Gasteiger partial charge < -0.3 is 25.5 Å². The number of carboxylic acid groups (broad SMARTS) is 2. The molecule has 0 saturated heterocycles. The van der Waals surface area contributed by atoms with E-state index in [9.17, 15) is 33.6 Å². The molecule has 2 rings (SSSR count). The Morgan fingerprint density at radius 1 is 1.17 bits per heavy atom. The van der Waals surface area contributed by atoms with E-state index < -0.39 is 51.7 Å². The zero-order valence-corrected chi connectivity index (χ0v) is 14.9. The van der Waals surface area contributed by atoms with Gasteiger partial charge in [-0.05, 0) is 0 Å². The van der Waals surface area contributed by atoms with Gasteiger partial charge in [-0.3, -0.25) is 28.7 Å². The quantitative estimate of drug-likeness (QED) is 0.233. The summed E-state index contributed by atoms with van der Waals surface area (Å²) < 4.78 is 2.07. The highest BCUT2D eigenvalue weighted by molar-refractivity contribution is 6.39. The molecule has 2 aromatic rings. The van der Waals surface area contributed by atoms with Crippen molar-refractivity contribution in [2.45, 2.75) is 6.54 Å². The Balaban J connectivity index is 0.000000296. The monoisotopic (exact) mass is 411 g/mol. The van der Waals surface area contributed by atoms with Gasteiger partial charge in [-0.15, -0.1) is 0 Å². The highest BCUT2D eigenvalue weighted by Gasteiger charge is 2.19. The average Bonchev–Trinajstić information content (AvgIpc) is 2.65. The van der Waals surface area contributed by atoms with Gasteiger partial charge in [0, 0.05) is 38.6 Å². The average molecular weight is 411 g/mol. The first-order chi connectivity index (χ1) is 13.5. The van der Waals surface area contributed by atoms with E-state index in [0.717, 1.165) is 10.8 Å². The summed E-state index contributed by atoms with van der Waals surface area (Å²) >= 11 is 0. The normalized spacial score (nSPS) is 11.1. The molecule has 156 valence electrons. The van der Waals surface area contributed by atoms with Gasteiger partial charge in [-0.25, -0.2) is 14.4 Å². The third-order valence-electron chi connectivity index (χ3n) is 3.53. The zero-order chi connectivity index (χ0) is 22.3. The van der Waals surface area contributed by atoms with Crippen LogP contribution in [0.1, 0.15) is 10.4 Å². The minimum Gasteiger partial charge on any atom is -0.481 e. The molecule has 2 aromatic heterocycles. The van der Waals surface area contributed by atoms with Gasteiger partial charge in [0.25, 0.3) is 16.9 Å². The summed E-state index contributed by atoms with van der Waals surface area (Å²) in [6.45, 7) is -0.335. The molecule has 0 aromatic carbocycles. The molecule has 0 radical (unpaired) electrons. The van der Waals surface area contributed by atoms with Crippen molar-refractivity contribution < 1.29 is 24.6 Å². The van der Waals surface area contributed by atoms with Gasteiger partial charge in [0.05, 0.1) is 5.92 Å². The molecule has 0 amide bonds. The number of nitrogens with two attached hydrogens (primary N) is 1. The maximum absolute atomic E-state index is 11.6. The molecule has 0 spiro atoms. The number of aryl methyl sites for hydroxylation is 1. The Kier molecular flexibility index (Phi) is 7.72. The van der Waals surface area contributed by atoms with Gasteiger partial charge in [-0.1, -0.05) is 0 Å². The SMILES string of the molecule is Cn1ccc(=O)n(CC(CN)C(=O)O)c1=O.O=C(O)C(=O)c1c[nH]c(=O)[nH]c1=O. The maximum Gasteiger partial charge on any atom is 0.377 e. The molecule has 0 fully saturated rings. The summed E-state index contributed by atoms with van der Waals surface area (Å²) in [6, 6.07) is 1.21. The Morgan fingerprint density at radius 2 is 1.79 bits per heavy atom. The number of aromatic nitrogens is 4. The molecule has 0 aliphatic carbocycles. The molecular formula is C15H17N5O9. The lowest BCUT2D eigenvalue weighted by molar-refractivity contribution is -0.141. The van der Waals surface area contributed by atoms with Crippen molar-refractivity contribution in [1.29, 1.82) is 0 Å². The zero-order valence-electron chi connectivity index (χ0n) is 14.9. The number of Topliss-reactive ketones (excluding diaryl/α,β-unsaturated/α-hetero) is 1. The van der Waals surface area contributed by atoms with Crippen molar-refractivity contribution in [3.8, 4) is 0 Å². The molecule has 1 atom stereocenters. The molecule has 0 aliphatic heterocycles. The largest absolute Gasteiger partial charge is 0.481 e. The van der Waals surface area contributed by atoms with E-state index >= 15 is 0 Å². The van der Waals surface area contributed by atoms with Crippen molar-refractivity contribution in [1.82, 2.24) is 19.1 Å². The molecule has 1 unspecified atom stereocenters. The van der Waals surface area contributed by atoms with E-state index in [1.54, 1.807) is 4.98 Å².